The van der Waals surface area contributed by atoms with Crippen LogP contribution in [-0.4, -0.2) is 24.0 Å². The first-order chi connectivity index (χ1) is 16.0. The number of hydrogen-bond donors (Lipinski definition) is 1. The first kappa shape index (κ1) is 22.0. The molecule has 0 saturated heterocycles. The van der Waals surface area contributed by atoms with Crippen LogP contribution in [-0.2, 0) is 20.7 Å². The normalized spacial score (nSPS) is 11.6. The van der Waals surface area contributed by atoms with E-state index < -0.39 is 18.0 Å². The van der Waals surface area contributed by atoms with Gasteiger partial charge in [0.2, 0.25) is 6.10 Å². The number of carbonyl (C=O) groups excluding carboxylic acids is 2. The van der Waals surface area contributed by atoms with E-state index in [4.69, 9.17) is 9.47 Å². The Bertz CT molecular complexity index is 1280. The van der Waals surface area contributed by atoms with Gasteiger partial charge in [0.05, 0.1) is 24.7 Å². The molecule has 6 nitrogen and oxygen atoms in total. The molecule has 1 amide bonds. The third-order valence-corrected chi connectivity index (χ3v) is 5.25. The smallest absolute Gasteiger partial charge is 0.311 e. The zero-order chi connectivity index (χ0) is 23.2. The van der Waals surface area contributed by atoms with Crippen molar-refractivity contribution in [1.82, 2.24) is 4.98 Å². The molecule has 4 aromatic rings. The quantitative estimate of drug-likeness (QED) is 0.409. The topological polar surface area (TPSA) is 77.5 Å². The van der Waals surface area contributed by atoms with Crippen LogP contribution < -0.4 is 10.1 Å². The lowest BCUT2D eigenvalue weighted by atomic mass is 10.1. The molecule has 0 fully saturated rings. The molecule has 1 atom stereocenters. The maximum Gasteiger partial charge on any atom is 0.311 e. The first-order valence-electron chi connectivity index (χ1n) is 10.6. The summed E-state index contributed by atoms with van der Waals surface area (Å²) in [6, 6.07) is 23.9. The molecule has 0 radical (unpaired) electrons. The molecule has 1 aromatic heterocycles. The minimum atomic E-state index is -1.12. The Kier molecular flexibility index (Phi) is 6.64. The molecular formula is C27H24N2O4. The van der Waals surface area contributed by atoms with Crippen LogP contribution in [0.15, 0.2) is 85.1 Å². The van der Waals surface area contributed by atoms with E-state index in [1.807, 2.05) is 55.5 Å². The number of nitrogens with one attached hydrogen (secondary N) is 1. The number of amides is 1. The van der Waals surface area contributed by atoms with Crippen molar-refractivity contribution in [2.75, 3.05) is 12.4 Å². The van der Waals surface area contributed by atoms with Gasteiger partial charge in [-0.1, -0.05) is 60.7 Å². The molecule has 4 rings (SSSR count). The molecule has 1 unspecified atom stereocenters. The van der Waals surface area contributed by atoms with Crippen molar-refractivity contribution in [2.24, 2.45) is 0 Å². The summed E-state index contributed by atoms with van der Waals surface area (Å²) in [4.78, 5) is 30.5. The molecule has 166 valence electrons. The zero-order valence-electron chi connectivity index (χ0n) is 18.4. The summed E-state index contributed by atoms with van der Waals surface area (Å²) in [5.74, 6) is -0.461. The molecule has 33 heavy (non-hydrogen) atoms. The molecule has 1 N–H and O–H groups in total. The second kappa shape index (κ2) is 9.96. The molecule has 0 spiro atoms. The third kappa shape index (κ3) is 5.18. The molecule has 1 heterocycles. The van der Waals surface area contributed by atoms with Crippen LogP contribution in [0.2, 0.25) is 0 Å². The number of esters is 1. The molecular weight excluding hydrogens is 416 g/mol. The van der Waals surface area contributed by atoms with E-state index in [1.165, 1.54) is 7.11 Å². The highest BCUT2D eigenvalue weighted by Crippen LogP contribution is 2.28. The average Bonchev–Trinajstić information content (AvgIpc) is 2.83. The highest BCUT2D eigenvalue weighted by molar-refractivity contribution is 5.97. The number of aryl methyl sites for hydroxylation is 1. The van der Waals surface area contributed by atoms with Gasteiger partial charge in [-0.3, -0.25) is 14.6 Å². The molecule has 0 aliphatic rings. The maximum absolute atomic E-state index is 13.2. The summed E-state index contributed by atoms with van der Waals surface area (Å²) < 4.78 is 11.1. The van der Waals surface area contributed by atoms with Crippen LogP contribution in [0.4, 0.5) is 5.69 Å². The lowest BCUT2D eigenvalue weighted by Crippen LogP contribution is -2.26. The number of aromatic nitrogens is 1. The highest BCUT2D eigenvalue weighted by atomic mass is 16.5. The summed E-state index contributed by atoms with van der Waals surface area (Å²) in [7, 11) is 1.53. The fourth-order valence-electron chi connectivity index (χ4n) is 3.66. The minimum Gasteiger partial charge on any atom is -0.495 e. The SMILES string of the molecule is COc1ccc(C)cc1NC(=O)C(OC(=O)Cc1cccc2cccnc12)c1ccccc1. The predicted octanol–water partition coefficient (Wildman–Crippen LogP) is 5.02. The van der Waals surface area contributed by atoms with Crippen molar-refractivity contribution in [2.45, 2.75) is 19.4 Å². The van der Waals surface area contributed by atoms with Crippen LogP contribution in [0.1, 0.15) is 22.8 Å². The van der Waals surface area contributed by atoms with E-state index in [9.17, 15) is 9.59 Å². The van der Waals surface area contributed by atoms with Crippen LogP contribution in [0.3, 0.4) is 0 Å². The molecule has 3 aromatic carbocycles. The number of benzene rings is 3. The van der Waals surface area contributed by atoms with Gasteiger partial charge in [0.15, 0.2) is 0 Å². The van der Waals surface area contributed by atoms with Gasteiger partial charge in [-0.25, -0.2) is 0 Å². The van der Waals surface area contributed by atoms with Gasteiger partial charge >= 0.3 is 5.97 Å². The van der Waals surface area contributed by atoms with E-state index in [2.05, 4.69) is 10.3 Å². The predicted molar refractivity (Wildman–Crippen MR) is 127 cm³/mol. The van der Waals surface area contributed by atoms with Gasteiger partial charge in [0.1, 0.15) is 5.75 Å². The van der Waals surface area contributed by atoms with Crippen LogP contribution in [0, 0.1) is 6.92 Å². The lowest BCUT2D eigenvalue weighted by Gasteiger charge is -2.19. The monoisotopic (exact) mass is 440 g/mol. The molecule has 0 aliphatic heterocycles. The first-order valence-corrected chi connectivity index (χ1v) is 10.6. The Morgan fingerprint density at radius 2 is 1.76 bits per heavy atom. The number of rotatable bonds is 7. The number of methoxy groups -OCH3 is 1. The van der Waals surface area contributed by atoms with Gasteiger partial charge in [-0.05, 0) is 36.2 Å². The van der Waals surface area contributed by atoms with Crippen molar-refractivity contribution in [3.63, 3.8) is 0 Å². The van der Waals surface area contributed by atoms with E-state index in [0.717, 1.165) is 22.0 Å². The summed E-state index contributed by atoms with van der Waals surface area (Å²) in [5.41, 5.74) is 3.53. The van der Waals surface area contributed by atoms with E-state index in [0.29, 0.717) is 17.0 Å². The third-order valence-electron chi connectivity index (χ3n) is 5.25. The van der Waals surface area contributed by atoms with Crippen LogP contribution in [0.25, 0.3) is 10.9 Å². The van der Waals surface area contributed by atoms with E-state index in [1.54, 1.807) is 36.5 Å². The Morgan fingerprint density at radius 1 is 0.970 bits per heavy atom. The number of nitrogens with zero attached hydrogens (tertiary/aromatic N) is 1. The fraction of sp³-hybridized carbons (Fsp3) is 0.148. The molecule has 0 aliphatic carbocycles. The zero-order valence-corrected chi connectivity index (χ0v) is 18.4. The number of hydrogen-bond acceptors (Lipinski definition) is 5. The Hall–Kier alpha value is -4.19. The van der Waals surface area contributed by atoms with E-state index >= 15 is 0 Å². The summed E-state index contributed by atoms with van der Waals surface area (Å²) in [5, 5.41) is 3.78. The largest absolute Gasteiger partial charge is 0.495 e. The number of para-hydroxylation sites is 1. The maximum atomic E-state index is 13.2. The summed E-state index contributed by atoms with van der Waals surface area (Å²) in [6.07, 6.45) is 0.567. The van der Waals surface area contributed by atoms with Crippen LogP contribution in [0.5, 0.6) is 5.75 Å². The number of ether oxygens (including phenoxy) is 2. The minimum absolute atomic E-state index is 0.00126. The van der Waals surface area contributed by atoms with Crippen molar-refractivity contribution in [3.05, 3.63) is 102 Å². The van der Waals surface area contributed by atoms with Crippen molar-refractivity contribution in [1.29, 1.82) is 0 Å². The molecule has 6 heteroatoms. The fourth-order valence-corrected chi connectivity index (χ4v) is 3.66. The van der Waals surface area contributed by atoms with Gasteiger partial charge in [-0.2, -0.15) is 0 Å². The van der Waals surface area contributed by atoms with Crippen molar-refractivity contribution in [3.8, 4) is 5.75 Å². The number of fused-ring (bicyclic) bond motifs is 1. The van der Waals surface area contributed by atoms with Gasteiger partial charge in [-0.15, -0.1) is 0 Å². The van der Waals surface area contributed by atoms with Crippen molar-refractivity contribution < 1.29 is 19.1 Å². The van der Waals surface area contributed by atoms with Crippen LogP contribution >= 0.6 is 0 Å². The Balaban J connectivity index is 1.58. The lowest BCUT2D eigenvalue weighted by molar-refractivity contribution is -0.154. The molecule has 0 bridgehead atoms. The molecule has 0 saturated carbocycles. The summed E-state index contributed by atoms with van der Waals surface area (Å²) in [6.45, 7) is 1.92. The van der Waals surface area contributed by atoms with Gasteiger partial charge in [0, 0.05) is 17.1 Å². The second-order valence-electron chi connectivity index (χ2n) is 7.64. The summed E-state index contributed by atoms with van der Waals surface area (Å²) >= 11 is 0. The van der Waals surface area contributed by atoms with Gasteiger partial charge in [0.25, 0.3) is 5.91 Å². The average molecular weight is 440 g/mol. The standard InChI is InChI=1S/C27H24N2O4/c1-18-13-14-23(32-2)22(16-18)29-27(31)26(20-8-4-3-5-9-20)33-24(30)17-21-11-6-10-19-12-7-15-28-25(19)21/h3-16,26H,17H2,1-2H3,(H,29,31). The Labute approximate surface area is 192 Å². The highest BCUT2D eigenvalue weighted by Gasteiger charge is 2.26. The Morgan fingerprint density at radius 3 is 2.55 bits per heavy atom. The van der Waals surface area contributed by atoms with Crippen molar-refractivity contribution >= 4 is 28.5 Å². The second-order valence-corrected chi connectivity index (χ2v) is 7.64. The number of anilines is 1. The number of pyridine rings is 1. The van der Waals surface area contributed by atoms with Gasteiger partial charge < -0.3 is 14.8 Å². The number of carbonyl (C=O) groups is 2. The van der Waals surface area contributed by atoms with E-state index in [-0.39, 0.29) is 6.42 Å².